The van der Waals surface area contributed by atoms with Crippen LogP contribution in [0.4, 0.5) is 5.69 Å². The number of fused-ring (bicyclic) bond motifs is 1. The number of benzene rings is 2. The number of amides is 1. The minimum atomic E-state index is -3.90. The molecule has 0 unspecified atom stereocenters. The standard InChI is InChI=1S/C21H18N4O5S2/c1-31(27,28)24-15-9-8-14-11-19(21(22)26)25(18(14)12-15)16-5-4-6-17(13-16)32(29,30)20-7-2-3-10-23-20/h2-13,24H,1H3,(H2,22,26). The number of primary amides is 1. The number of carbonyl (C=O) groups is 1. The van der Waals surface area contributed by atoms with E-state index in [2.05, 4.69) is 9.71 Å². The number of carbonyl (C=O) groups excluding carboxylic acids is 1. The molecule has 164 valence electrons. The van der Waals surface area contributed by atoms with E-state index in [1.54, 1.807) is 48.5 Å². The Bertz CT molecular complexity index is 1560. The minimum Gasteiger partial charge on any atom is -0.364 e. The van der Waals surface area contributed by atoms with Crippen molar-refractivity contribution in [2.75, 3.05) is 11.0 Å². The van der Waals surface area contributed by atoms with E-state index in [1.807, 2.05) is 0 Å². The molecule has 0 saturated heterocycles. The Morgan fingerprint density at radius 3 is 2.41 bits per heavy atom. The topological polar surface area (TPSA) is 141 Å². The predicted octanol–water partition coefficient (Wildman–Crippen LogP) is 2.33. The molecule has 4 aromatic rings. The van der Waals surface area contributed by atoms with Crippen LogP contribution in [0.25, 0.3) is 16.6 Å². The maximum absolute atomic E-state index is 13.0. The molecule has 0 aliphatic heterocycles. The summed E-state index contributed by atoms with van der Waals surface area (Å²) >= 11 is 0. The van der Waals surface area contributed by atoms with Crippen molar-refractivity contribution in [2.24, 2.45) is 5.73 Å². The molecule has 0 spiro atoms. The molecule has 0 fully saturated rings. The first-order valence-electron chi connectivity index (χ1n) is 9.26. The summed E-state index contributed by atoms with van der Waals surface area (Å²) in [6.45, 7) is 0. The first-order chi connectivity index (χ1) is 15.1. The van der Waals surface area contributed by atoms with Crippen LogP contribution in [0.2, 0.25) is 0 Å². The largest absolute Gasteiger partial charge is 0.364 e. The molecule has 0 aliphatic rings. The summed E-state index contributed by atoms with van der Waals surface area (Å²) in [6.07, 6.45) is 2.41. The third-order valence-electron chi connectivity index (χ3n) is 4.66. The van der Waals surface area contributed by atoms with E-state index < -0.39 is 25.8 Å². The average Bonchev–Trinajstić information content (AvgIpc) is 3.12. The number of sulfone groups is 1. The fourth-order valence-corrected chi connectivity index (χ4v) is 5.14. The van der Waals surface area contributed by atoms with Crippen LogP contribution >= 0.6 is 0 Å². The summed E-state index contributed by atoms with van der Waals surface area (Å²) < 4.78 is 53.2. The highest BCUT2D eigenvalue weighted by atomic mass is 32.2. The summed E-state index contributed by atoms with van der Waals surface area (Å²) in [6, 6.07) is 16.9. The summed E-state index contributed by atoms with van der Waals surface area (Å²) in [7, 11) is -7.43. The second kappa shape index (κ2) is 7.77. The van der Waals surface area contributed by atoms with Crippen LogP contribution in [0.3, 0.4) is 0 Å². The number of anilines is 1. The van der Waals surface area contributed by atoms with Crippen LogP contribution in [0.5, 0.6) is 0 Å². The van der Waals surface area contributed by atoms with Crippen molar-refractivity contribution >= 4 is 42.4 Å². The van der Waals surface area contributed by atoms with Crippen molar-refractivity contribution in [3.05, 3.63) is 78.6 Å². The van der Waals surface area contributed by atoms with Gasteiger partial charge in [-0.05, 0) is 48.5 Å². The quantitative estimate of drug-likeness (QED) is 0.443. The van der Waals surface area contributed by atoms with Gasteiger partial charge in [-0.3, -0.25) is 9.52 Å². The Kier molecular flexibility index (Phi) is 5.23. The van der Waals surface area contributed by atoms with Crippen LogP contribution in [0.15, 0.2) is 82.8 Å². The zero-order valence-corrected chi connectivity index (χ0v) is 18.4. The summed E-state index contributed by atoms with van der Waals surface area (Å²) in [5.41, 5.74) is 6.81. The van der Waals surface area contributed by atoms with Crippen LogP contribution in [-0.2, 0) is 19.9 Å². The highest BCUT2D eigenvalue weighted by Gasteiger charge is 2.21. The SMILES string of the molecule is CS(=O)(=O)Nc1ccc2cc(C(N)=O)n(-c3cccc(S(=O)(=O)c4ccccn4)c3)c2c1. The van der Waals surface area contributed by atoms with Gasteiger partial charge in [-0.2, -0.15) is 0 Å². The van der Waals surface area contributed by atoms with Gasteiger partial charge in [-0.15, -0.1) is 0 Å². The highest BCUT2D eigenvalue weighted by molar-refractivity contribution is 7.92. The predicted molar refractivity (Wildman–Crippen MR) is 120 cm³/mol. The number of nitrogens with two attached hydrogens (primary N) is 1. The van der Waals surface area contributed by atoms with Gasteiger partial charge in [-0.25, -0.2) is 21.8 Å². The zero-order chi connectivity index (χ0) is 23.1. The molecule has 3 N–H and O–H groups in total. The smallest absolute Gasteiger partial charge is 0.265 e. The van der Waals surface area contributed by atoms with Crippen molar-refractivity contribution in [2.45, 2.75) is 9.92 Å². The number of pyridine rings is 1. The molecule has 0 saturated carbocycles. The number of hydrogen-bond donors (Lipinski definition) is 2. The summed E-state index contributed by atoms with van der Waals surface area (Å²) in [5.74, 6) is -0.725. The Morgan fingerprint density at radius 1 is 0.969 bits per heavy atom. The van der Waals surface area contributed by atoms with Crippen LogP contribution in [0, 0.1) is 0 Å². The Labute approximate surface area is 184 Å². The fourth-order valence-electron chi connectivity index (χ4n) is 3.35. The van der Waals surface area contributed by atoms with Gasteiger partial charge in [-0.1, -0.05) is 18.2 Å². The van der Waals surface area contributed by atoms with Gasteiger partial charge in [0.1, 0.15) is 5.69 Å². The lowest BCUT2D eigenvalue weighted by Gasteiger charge is -2.12. The van der Waals surface area contributed by atoms with Gasteiger partial charge in [0.15, 0.2) is 5.03 Å². The Hall–Kier alpha value is -3.70. The molecule has 0 aliphatic carbocycles. The molecule has 2 heterocycles. The molecule has 0 bridgehead atoms. The Balaban J connectivity index is 1.93. The van der Waals surface area contributed by atoms with Crippen LogP contribution < -0.4 is 10.5 Å². The zero-order valence-electron chi connectivity index (χ0n) is 16.8. The third kappa shape index (κ3) is 4.07. The Morgan fingerprint density at radius 2 is 1.75 bits per heavy atom. The lowest BCUT2D eigenvalue weighted by molar-refractivity contribution is 0.0994. The normalized spacial score (nSPS) is 12.0. The average molecular weight is 471 g/mol. The van der Waals surface area contributed by atoms with Gasteiger partial charge in [0.25, 0.3) is 5.91 Å². The molecule has 0 radical (unpaired) electrons. The number of aromatic nitrogens is 2. The maximum Gasteiger partial charge on any atom is 0.265 e. The molecule has 1 amide bonds. The van der Waals surface area contributed by atoms with Gasteiger partial charge in [0.2, 0.25) is 19.9 Å². The van der Waals surface area contributed by atoms with Gasteiger partial charge in [0, 0.05) is 17.3 Å². The van der Waals surface area contributed by atoms with E-state index in [9.17, 15) is 21.6 Å². The fraction of sp³-hybridized carbons (Fsp3) is 0.0476. The van der Waals surface area contributed by atoms with E-state index in [4.69, 9.17) is 5.73 Å². The monoisotopic (exact) mass is 470 g/mol. The molecule has 0 atom stereocenters. The van der Waals surface area contributed by atoms with Gasteiger partial charge >= 0.3 is 0 Å². The lowest BCUT2D eigenvalue weighted by Crippen LogP contribution is -2.16. The number of rotatable bonds is 6. The highest BCUT2D eigenvalue weighted by Crippen LogP contribution is 2.29. The third-order valence-corrected chi connectivity index (χ3v) is 6.93. The molecule has 2 aromatic carbocycles. The van der Waals surface area contributed by atoms with Crippen molar-refractivity contribution in [3.8, 4) is 5.69 Å². The number of sulfonamides is 1. The van der Waals surface area contributed by atoms with Crippen molar-refractivity contribution in [1.29, 1.82) is 0 Å². The summed E-state index contributed by atoms with van der Waals surface area (Å²) in [4.78, 5) is 16.1. The molecule has 32 heavy (non-hydrogen) atoms. The summed E-state index contributed by atoms with van der Waals surface area (Å²) in [5, 5.41) is 0.514. The number of nitrogens with one attached hydrogen (secondary N) is 1. The number of nitrogens with zero attached hydrogens (tertiary/aromatic N) is 2. The molecule has 4 rings (SSSR count). The van der Waals surface area contributed by atoms with Crippen LogP contribution in [0.1, 0.15) is 10.5 Å². The minimum absolute atomic E-state index is 0.0172. The number of hydrogen-bond acceptors (Lipinski definition) is 6. The molecule has 11 heteroatoms. The maximum atomic E-state index is 13.0. The van der Waals surface area contributed by atoms with Crippen molar-refractivity contribution in [3.63, 3.8) is 0 Å². The molecule has 2 aromatic heterocycles. The first-order valence-corrected chi connectivity index (χ1v) is 12.6. The molecular weight excluding hydrogens is 452 g/mol. The van der Waals surface area contributed by atoms with Crippen molar-refractivity contribution in [1.82, 2.24) is 9.55 Å². The van der Waals surface area contributed by atoms with E-state index in [0.29, 0.717) is 16.6 Å². The van der Waals surface area contributed by atoms with Crippen LogP contribution in [-0.4, -0.2) is 38.5 Å². The van der Waals surface area contributed by atoms with Gasteiger partial charge in [0.05, 0.1) is 22.4 Å². The second-order valence-electron chi connectivity index (χ2n) is 7.05. The van der Waals surface area contributed by atoms with Crippen molar-refractivity contribution < 1.29 is 21.6 Å². The lowest BCUT2D eigenvalue weighted by atomic mass is 10.2. The van der Waals surface area contributed by atoms with E-state index in [1.165, 1.54) is 29.0 Å². The van der Waals surface area contributed by atoms with E-state index in [-0.39, 0.29) is 21.3 Å². The second-order valence-corrected chi connectivity index (χ2v) is 10.7. The molecular formula is C21H18N4O5S2. The molecule has 9 nitrogen and oxygen atoms in total. The van der Waals surface area contributed by atoms with E-state index >= 15 is 0 Å². The van der Waals surface area contributed by atoms with E-state index in [0.717, 1.165) is 6.26 Å². The van der Waals surface area contributed by atoms with Gasteiger partial charge < -0.3 is 10.3 Å². The first kappa shape index (κ1) is 21.5.